The molecule has 0 aromatic heterocycles. The van der Waals surface area contributed by atoms with E-state index < -0.39 is 0 Å². The van der Waals surface area contributed by atoms with Crippen LogP contribution in [0.15, 0.2) is 48.5 Å². The van der Waals surface area contributed by atoms with Crippen LogP contribution in [0.4, 0.5) is 0 Å². The summed E-state index contributed by atoms with van der Waals surface area (Å²) in [6.45, 7) is 4.00. The van der Waals surface area contributed by atoms with Gasteiger partial charge in [-0.3, -0.25) is 0 Å². The van der Waals surface area contributed by atoms with Crippen molar-refractivity contribution in [2.24, 2.45) is 0 Å². The number of hydrogen-bond acceptors (Lipinski definition) is 1. The maximum absolute atomic E-state index is 5.64. The lowest BCUT2D eigenvalue weighted by Gasteiger charge is -2.19. The third-order valence-electron chi connectivity index (χ3n) is 3.35. The van der Waals surface area contributed by atoms with Crippen molar-refractivity contribution in [3.05, 3.63) is 70.8 Å². The number of ether oxygens (including phenoxy) is 1. The Hall–Kier alpha value is -2.04. The minimum absolute atomic E-state index is 0.0805. The molecule has 1 aliphatic carbocycles. The van der Waals surface area contributed by atoms with Gasteiger partial charge in [0.1, 0.15) is 0 Å². The van der Waals surface area contributed by atoms with Gasteiger partial charge >= 0.3 is 0 Å². The smallest absolute Gasteiger partial charge is 0.0873 e. The van der Waals surface area contributed by atoms with Crippen molar-refractivity contribution in [1.29, 1.82) is 0 Å². The van der Waals surface area contributed by atoms with E-state index in [0.29, 0.717) is 0 Å². The van der Waals surface area contributed by atoms with Crippen molar-refractivity contribution in [2.75, 3.05) is 7.11 Å². The Morgan fingerprint density at radius 3 is 2.25 bits per heavy atom. The monoisotopic (exact) mass is 264 g/mol. The second-order valence-electron chi connectivity index (χ2n) is 4.42. The molecule has 1 nitrogen and oxygen atoms in total. The number of rotatable bonds is 1. The fourth-order valence-corrected chi connectivity index (χ4v) is 2.37. The molecule has 0 bridgehead atoms. The second kappa shape index (κ2) is 6.93. The van der Waals surface area contributed by atoms with Crippen LogP contribution in [0, 0.1) is 11.8 Å². The van der Waals surface area contributed by atoms with E-state index in [9.17, 15) is 0 Å². The van der Waals surface area contributed by atoms with Crippen molar-refractivity contribution in [3.63, 3.8) is 0 Å². The Kier molecular flexibility index (Phi) is 4.98. The van der Waals surface area contributed by atoms with Crippen LogP contribution < -0.4 is 0 Å². The van der Waals surface area contributed by atoms with Crippen LogP contribution in [0.25, 0.3) is 0 Å². The molecule has 0 fully saturated rings. The third-order valence-corrected chi connectivity index (χ3v) is 3.35. The third kappa shape index (κ3) is 2.92. The highest BCUT2D eigenvalue weighted by Gasteiger charge is 2.17. The average Bonchev–Trinajstić information content (AvgIpc) is 2.52. The molecular weight excluding hydrogens is 244 g/mol. The summed E-state index contributed by atoms with van der Waals surface area (Å²) in [6, 6.07) is 16.5. The molecule has 1 atom stereocenters. The average molecular weight is 264 g/mol. The van der Waals surface area contributed by atoms with Crippen LogP contribution in [0.5, 0.6) is 0 Å². The number of fused-ring (bicyclic) bond motifs is 2. The van der Waals surface area contributed by atoms with Gasteiger partial charge in [0.2, 0.25) is 0 Å². The fourth-order valence-electron chi connectivity index (χ4n) is 2.37. The first-order valence-corrected chi connectivity index (χ1v) is 7.10. The van der Waals surface area contributed by atoms with Gasteiger partial charge in [-0.1, -0.05) is 62.1 Å². The lowest BCUT2D eigenvalue weighted by molar-refractivity contribution is 0.103. The maximum Gasteiger partial charge on any atom is 0.0873 e. The summed E-state index contributed by atoms with van der Waals surface area (Å²) < 4.78 is 5.64. The van der Waals surface area contributed by atoms with Gasteiger partial charge in [-0.2, -0.15) is 0 Å². The van der Waals surface area contributed by atoms with E-state index >= 15 is 0 Å². The Morgan fingerprint density at radius 2 is 1.50 bits per heavy atom. The molecule has 20 heavy (non-hydrogen) atoms. The molecule has 0 saturated carbocycles. The minimum Gasteiger partial charge on any atom is -0.376 e. The SMILES string of the molecule is CC.COC1Cc2ccccc2C#Cc2ccccc21. The molecule has 102 valence electrons. The van der Waals surface area contributed by atoms with Gasteiger partial charge in [-0.15, -0.1) is 0 Å². The molecular formula is C19H20O. The number of methoxy groups -OCH3 is 1. The van der Waals surface area contributed by atoms with Gasteiger partial charge in [0, 0.05) is 24.7 Å². The molecule has 2 aromatic carbocycles. The molecule has 2 aromatic rings. The topological polar surface area (TPSA) is 9.23 Å². The highest BCUT2D eigenvalue weighted by molar-refractivity contribution is 5.52. The second-order valence-corrected chi connectivity index (χ2v) is 4.42. The predicted octanol–water partition coefficient (Wildman–Crippen LogP) is 4.36. The van der Waals surface area contributed by atoms with Gasteiger partial charge < -0.3 is 4.74 Å². The van der Waals surface area contributed by atoms with Crippen LogP contribution in [-0.4, -0.2) is 7.11 Å². The van der Waals surface area contributed by atoms with E-state index in [1.807, 2.05) is 32.0 Å². The van der Waals surface area contributed by atoms with Crippen molar-refractivity contribution in [2.45, 2.75) is 26.4 Å². The van der Waals surface area contributed by atoms with Gasteiger partial charge in [0.05, 0.1) is 6.10 Å². The lowest BCUT2D eigenvalue weighted by Crippen LogP contribution is -2.09. The van der Waals surface area contributed by atoms with E-state index in [2.05, 4.69) is 42.2 Å². The largest absolute Gasteiger partial charge is 0.376 e. The predicted molar refractivity (Wildman–Crippen MR) is 83.7 cm³/mol. The Balaban J connectivity index is 0.000000704. The molecule has 0 saturated heterocycles. The molecule has 1 unspecified atom stereocenters. The summed E-state index contributed by atoms with van der Waals surface area (Å²) in [5.74, 6) is 6.52. The normalized spacial score (nSPS) is 15.2. The van der Waals surface area contributed by atoms with E-state index in [-0.39, 0.29) is 6.10 Å². The van der Waals surface area contributed by atoms with Gasteiger partial charge in [-0.25, -0.2) is 0 Å². The zero-order chi connectivity index (χ0) is 14.4. The van der Waals surface area contributed by atoms with Gasteiger partial charge in [0.15, 0.2) is 0 Å². The summed E-state index contributed by atoms with van der Waals surface area (Å²) in [6.07, 6.45) is 0.954. The van der Waals surface area contributed by atoms with Crippen LogP contribution in [0.2, 0.25) is 0 Å². The van der Waals surface area contributed by atoms with E-state index in [0.717, 1.165) is 17.5 Å². The van der Waals surface area contributed by atoms with Crippen molar-refractivity contribution < 1.29 is 4.74 Å². The Bertz CT molecular complexity index is 631. The molecule has 0 radical (unpaired) electrons. The zero-order valence-corrected chi connectivity index (χ0v) is 12.3. The molecule has 0 N–H and O–H groups in total. The van der Waals surface area contributed by atoms with Gasteiger partial charge in [-0.05, 0) is 23.3 Å². The summed E-state index contributed by atoms with van der Waals surface area (Å²) >= 11 is 0. The quantitative estimate of drug-likeness (QED) is 0.695. The highest BCUT2D eigenvalue weighted by atomic mass is 16.5. The molecule has 0 spiro atoms. The molecule has 0 amide bonds. The maximum atomic E-state index is 5.64. The van der Waals surface area contributed by atoms with E-state index in [1.54, 1.807) is 7.11 Å². The first-order valence-electron chi connectivity index (χ1n) is 7.10. The van der Waals surface area contributed by atoms with Crippen LogP contribution in [0.3, 0.4) is 0 Å². The highest BCUT2D eigenvalue weighted by Crippen LogP contribution is 2.27. The number of hydrogen-bond donors (Lipinski definition) is 0. The first kappa shape index (κ1) is 14.4. The lowest BCUT2D eigenvalue weighted by atomic mass is 9.92. The Morgan fingerprint density at radius 1 is 0.900 bits per heavy atom. The first-order chi connectivity index (χ1) is 9.88. The summed E-state index contributed by atoms with van der Waals surface area (Å²) in [7, 11) is 1.76. The molecule has 0 aliphatic heterocycles. The summed E-state index contributed by atoms with van der Waals surface area (Å²) in [4.78, 5) is 0. The summed E-state index contributed by atoms with van der Waals surface area (Å²) in [5, 5.41) is 0. The molecule has 3 rings (SSSR count). The summed E-state index contributed by atoms with van der Waals surface area (Å²) in [5.41, 5.74) is 4.61. The minimum atomic E-state index is 0.0805. The van der Waals surface area contributed by atoms with Gasteiger partial charge in [0.25, 0.3) is 0 Å². The zero-order valence-electron chi connectivity index (χ0n) is 12.3. The van der Waals surface area contributed by atoms with E-state index in [4.69, 9.17) is 4.74 Å². The van der Waals surface area contributed by atoms with Crippen LogP contribution >= 0.6 is 0 Å². The fraction of sp³-hybridized carbons (Fsp3) is 0.263. The van der Waals surface area contributed by atoms with Crippen LogP contribution in [0.1, 0.15) is 42.2 Å². The van der Waals surface area contributed by atoms with Crippen molar-refractivity contribution in [1.82, 2.24) is 0 Å². The standard InChI is InChI=1S/C17H14O.C2H6/c1-18-17-12-15-8-3-2-6-13(15)10-11-14-7-4-5-9-16(14)17;1-2/h2-9,17H,12H2,1H3;1-2H3. The Labute approximate surface area is 121 Å². The molecule has 0 heterocycles. The van der Waals surface area contributed by atoms with Crippen LogP contribution in [-0.2, 0) is 11.2 Å². The molecule has 1 aliphatic rings. The number of benzene rings is 2. The van der Waals surface area contributed by atoms with Crippen molar-refractivity contribution >= 4 is 0 Å². The molecule has 1 heteroatoms. The van der Waals surface area contributed by atoms with Crippen molar-refractivity contribution in [3.8, 4) is 11.8 Å². The van der Waals surface area contributed by atoms with E-state index in [1.165, 1.54) is 11.1 Å².